The summed E-state index contributed by atoms with van der Waals surface area (Å²) in [5.74, 6) is 0.584. The molecule has 1 unspecified atom stereocenters. The van der Waals surface area contributed by atoms with Gasteiger partial charge in [0.2, 0.25) is 5.91 Å². The van der Waals surface area contributed by atoms with Gasteiger partial charge < -0.3 is 9.47 Å². The zero-order valence-electron chi connectivity index (χ0n) is 16.5. The van der Waals surface area contributed by atoms with E-state index in [1.165, 1.54) is 6.92 Å². The third-order valence-electron chi connectivity index (χ3n) is 4.60. The first-order valence-corrected chi connectivity index (χ1v) is 11.1. The summed E-state index contributed by atoms with van der Waals surface area (Å²) in [4.78, 5) is 23.9. The molecule has 0 spiro atoms. The Bertz CT molecular complexity index is 873. The van der Waals surface area contributed by atoms with Gasteiger partial charge in [0, 0.05) is 25.0 Å². The third kappa shape index (κ3) is 4.03. The largest absolute Gasteiger partial charge is 0.494 e. The molecule has 0 bridgehead atoms. The molecule has 1 aliphatic rings. The van der Waals surface area contributed by atoms with Crippen molar-refractivity contribution in [1.82, 2.24) is 10.4 Å². The number of nitrogens with one attached hydrogen (secondary N) is 1. The standard InChI is InChI=1S/C21H25N2O4P/c1-5-26-18-12-8-7-11-17(18)21-23(14(2)24)22-20(28(21)4)16-10-6-9-13-19(16)27-15(3)25/h6-13,20-22H,5H2,1-4H3/t20-,21-,28?/m0/s1. The summed E-state index contributed by atoms with van der Waals surface area (Å²) in [5.41, 5.74) is 5.20. The summed E-state index contributed by atoms with van der Waals surface area (Å²) >= 11 is 0. The van der Waals surface area contributed by atoms with E-state index in [1.807, 2.05) is 49.4 Å². The van der Waals surface area contributed by atoms with Crippen molar-refractivity contribution in [2.75, 3.05) is 13.3 Å². The summed E-state index contributed by atoms with van der Waals surface area (Å²) in [5, 5.41) is 1.68. The van der Waals surface area contributed by atoms with E-state index >= 15 is 0 Å². The molecule has 1 N–H and O–H groups in total. The minimum Gasteiger partial charge on any atom is -0.494 e. The molecule has 0 radical (unpaired) electrons. The number of ether oxygens (including phenoxy) is 2. The molecule has 148 valence electrons. The van der Waals surface area contributed by atoms with E-state index < -0.39 is 7.92 Å². The van der Waals surface area contributed by atoms with E-state index in [0.29, 0.717) is 12.4 Å². The van der Waals surface area contributed by atoms with Crippen molar-refractivity contribution < 1.29 is 19.1 Å². The number of hydrazine groups is 1. The molecule has 6 nitrogen and oxygen atoms in total. The minimum absolute atomic E-state index is 0.0712. The van der Waals surface area contributed by atoms with E-state index in [-0.39, 0.29) is 23.4 Å². The lowest BCUT2D eigenvalue weighted by molar-refractivity contribution is -0.133. The van der Waals surface area contributed by atoms with Crippen molar-refractivity contribution in [1.29, 1.82) is 0 Å². The number of hydrogen-bond acceptors (Lipinski definition) is 5. The summed E-state index contributed by atoms with van der Waals surface area (Å²) in [6.45, 7) is 7.58. The first-order valence-electron chi connectivity index (χ1n) is 9.21. The molecule has 0 saturated carbocycles. The van der Waals surface area contributed by atoms with Crippen LogP contribution in [0.3, 0.4) is 0 Å². The van der Waals surface area contributed by atoms with Gasteiger partial charge in [-0.15, -0.1) is 0 Å². The van der Waals surface area contributed by atoms with Crippen molar-refractivity contribution in [2.24, 2.45) is 0 Å². The van der Waals surface area contributed by atoms with Crippen LogP contribution in [0.2, 0.25) is 0 Å². The Morgan fingerprint density at radius 3 is 2.25 bits per heavy atom. The average molecular weight is 400 g/mol. The molecule has 28 heavy (non-hydrogen) atoms. The Balaban J connectivity index is 2.03. The Morgan fingerprint density at radius 1 is 1.04 bits per heavy atom. The molecule has 2 aromatic rings. The van der Waals surface area contributed by atoms with E-state index in [0.717, 1.165) is 16.9 Å². The molecule has 1 amide bonds. The highest BCUT2D eigenvalue weighted by Crippen LogP contribution is 2.65. The lowest BCUT2D eigenvalue weighted by Crippen LogP contribution is -2.38. The van der Waals surface area contributed by atoms with Gasteiger partial charge in [0.25, 0.3) is 0 Å². The van der Waals surface area contributed by atoms with E-state index in [4.69, 9.17) is 9.47 Å². The Kier molecular flexibility index (Phi) is 6.32. The van der Waals surface area contributed by atoms with Gasteiger partial charge in [0.15, 0.2) is 0 Å². The normalized spacial score (nSPS) is 21.4. The number of amides is 1. The van der Waals surface area contributed by atoms with Crippen molar-refractivity contribution in [3.05, 3.63) is 59.7 Å². The maximum atomic E-state index is 12.4. The zero-order chi connectivity index (χ0) is 20.3. The second kappa shape index (κ2) is 8.72. The van der Waals surface area contributed by atoms with Gasteiger partial charge in [0.05, 0.1) is 18.2 Å². The van der Waals surface area contributed by atoms with E-state index in [1.54, 1.807) is 18.0 Å². The molecule has 0 aromatic heterocycles. The molecule has 1 heterocycles. The van der Waals surface area contributed by atoms with Crippen molar-refractivity contribution in [2.45, 2.75) is 32.3 Å². The van der Waals surface area contributed by atoms with Gasteiger partial charge in [-0.25, -0.2) is 5.43 Å². The summed E-state index contributed by atoms with van der Waals surface area (Å²) < 4.78 is 11.2. The predicted molar refractivity (Wildman–Crippen MR) is 109 cm³/mol. The number of hydrogen-bond donors (Lipinski definition) is 1. The van der Waals surface area contributed by atoms with Crippen LogP contribution >= 0.6 is 7.92 Å². The molecule has 1 fully saturated rings. The van der Waals surface area contributed by atoms with Gasteiger partial charge in [0.1, 0.15) is 11.5 Å². The number of nitrogens with zero attached hydrogens (tertiary/aromatic N) is 1. The fourth-order valence-electron chi connectivity index (χ4n) is 3.46. The second-order valence-electron chi connectivity index (χ2n) is 6.56. The van der Waals surface area contributed by atoms with Crippen molar-refractivity contribution in [3.63, 3.8) is 0 Å². The topological polar surface area (TPSA) is 67.9 Å². The second-order valence-corrected chi connectivity index (χ2v) is 8.90. The van der Waals surface area contributed by atoms with Gasteiger partial charge >= 0.3 is 5.97 Å². The molecule has 7 heteroatoms. The SMILES string of the molecule is CCOc1ccccc1[C@H]1N(C(C)=O)N[C@H](c2ccccc2OC(C)=O)P1C. The zero-order valence-corrected chi connectivity index (χ0v) is 17.4. The van der Waals surface area contributed by atoms with Gasteiger partial charge in [-0.1, -0.05) is 44.3 Å². The monoisotopic (exact) mass is 400 g/mol. The summed E-state index contributed by atoms with van der Waals surface area (Å²) in [6.07, 6.45) is 0. The van der Waals surface area contributed by atoms with Crippen LogP contribution < -0.4 is 14.9 Å². The molecule has 3 atom stereocenters. The highest BCUT2D eigenvalue weighted by Gasteiger charge is 2.43. The van der Waals surface area contributed by atoms with E-state index in [2.05, 4.69) is 12.1 Å². The molecule has 2 aromatic carbocycles. The minimum atomic E-state index is -0.762. The maximum Gasteiger partial charge on any atom is 0.308 e. The lowest BCUT2D eigenvalue weighted by Gasteiger charge is -2.26. The van der Waals surface area contributed by atoms with Crippen LogP contribution in [0.25, 0.3) is 0 Å². The van der Waals surface area contributed by atoms with Crippen molar-refractivity contribution in [3.8, 4) is 11.5 Å². The van der Waals surface area contributed by atoms with Crippen LogP contribution in [0.4, 0.5) is 0 Å². The molecule has 1 saturated heterocycles. The fraction of sp³-hybridized carbons (Fsp3) is 0.333. The number of benzene rings is 2. The number of rotatable bonds is 5. The van der Waals surface area contributed by atoms with Crippen molar-refractivity contribution >= 4 is 19.8 Å². The first-order chi connectivity index (χ1) is 13.4. The van der Waals surface area contributed by atoms with Crippen LogP contribution in [-0.4, -0.2) is 30.2 Å². The van der Waals surface area contributed by atoms with Gasteiger partial charge in [-0.3, -0.25) is 14.6 Å². The Labute approximate surface area is 166 Å². The van der Waals surface area contributed by atoms with Gasteiger partial charge in [-0.05, 0) is 25.7 Å². The van der Waals surface area contributed by atoms with Crippen LogP contribution in [0.15, 0.2) is 48.5 Å². The van der Waals surface area contributed by atoms with Crippen LogP contribution in [0.5, 0.6) is 11.5 Å². The fourth-order valence-corrected chi connectivity index (χ4v) is 5.95. The number of carbonyl (C=O) groups excluding carboxylic acids is 2. The molecule has 3 rings (SSSR count). The smallest absolute Gasteiger partial charge is 0.308 e. The molecular weight excluding hydrogens is 375 g/mol. The number of esters is 1. The summed E-state index contributed by atoms with van der Waals surface area (Å²) in [6, 6.07) is 15.3. The quantitative estimate of drug-likeness (QED) is 0.463. The molecular formula is C21H25N2O4P. The van der Waals surface area contributed by atoms with Crippen LogP contribution in [0.1, 0.15) is 43.5 Å². The third-order valence-corrected chi connectivity index (χ3v) is 7.09. The van der Waals surface area contributed by atoms with E-state index in [9.17, 15) is 9.59 Å². The maximum absolute atomic E-state index is 12.4. The highest BCUT2D eigenvalue weighted by molar-refractivity contribution is 7.57. The van der Waals surface area contributed by atoms with Crippen LogP contribution in [0, 0.1) is 0 Å². The van der Waals surface area contributed by atoms with Gasteiger partial charge in [-0.2, -0.15) is 0 Å². The van der Waals surface area contributed by atoms with Crippen LogP contribution in [-0.2, 0) is 9.59 Å². The molecule has 1 aliphatic heterocycles. The lowest BCUT2D eigenvalue weighted by atomic mass is 10.2. The number of carbonyl (C=O) groups is 2. The summed E-state index contributed by atoms with van der Waals surface area (Å²) in [7, 11) is -0.762. The number of para-hydroxylation sites is 2. The Hall–Kier alpha value is -2.43. The highest BCUT2D eigenvalue weighted by atomic mass is 31.1. The predicted octanol–water partition coefficient (Wildman–Crippen LogP) is 4.19. The first kappa shape index (κ1) is 20.3. The average Bonchev–Trinajstić information content (AvgIpc) is 3.00. The Morgan fingerprint density at radius 2 is 1.64 bits per heavy atom. The molecule has 0 aliphatic carbocycles.